The summed E-state index contributed by atoms with van der Waals surface area (Å²) < 4.78 is 61.6. The highest BCUT2D eigenvalue weighted by molar-refractivity contribution is 6.08. The van der Waals surface area contributed by atoms with Gasteiger partial charge in [-0.2, -0.15) is 0 Å². The van der Waals surface area contributed by atoms with Crippen molar-refractivity contribution >= 4 is 17.6 Å². The Hall–Kier alpha value is -2.62. The molecular formula is C20H22F4N2O4. The monoisotopic (exact) mass is 430 g/mol. The largest absolute Gasteiger partial charge is 0.466 e. The van der Waals surface area contributed by atoms with E-state index in [0.717, 1.165) is 7.11 Å². The molecule has 1 aromatic rings. The van der Waals surface area contributed by atoms with Crippen LogP contribution in [0.4, 0.5) is 23.2 Å². The van der Waals surface area contributed by atoms with Gasteiger partial charge in [-0.15, -0.1) is 0 Å². The number of hydrogen-bond acceptors (Lipinski definition) is 5. The molecule has 2 N–H and O–H groups in total. The number of hydrogen-bond donors (Lipinski definition) is 2. The number of rotatable bonds is 6. The standard InChI is InChI=1S/C20H22F4N2O4/c1-30-20(29)11-9-26(6-7-27)19(28)18(11)25-14-5-3-2-4-10(14)15-16(23)12(21)8-13(22)17(15)24/h2-5,12-13,15-17,25,27H,6-9H2,1H3. The van der Waals surface area contributed by atoms with Crippen molar-refractivity contribution in [2.24, 2.45) is 0 Å². The summed E-state index contributed by atoms with van der Waals surface area (Å²) in [5, 5.41) is 11.8. The number of carbonyl (C=O) groups is 2. The van der Waals surface area contributed by atoms with Gasteiger partial charge in [0.15, 0.2) is 0 Å². The summed E-state index contributed by atoms with van der Waals surface area (Å²) in [5.41, 5.74) is -0.218. The average Bonchev–Trinajstić information content (AvgIpc) is 3.03. The molecule has 10 heteroatoms. The predicted molar refractivity (Wildman–Crippen MR) is 99.7 cm³/mol. The van der Waals surface area contributed by atoms with Crippen LogP contribution in [0.15, 0.2) is 35.5 Å². The van der Waals surface area contributed by atoms with Gasteiger partial charge in [0.25, 0.3) is 5.91 Å². The first-order chi connectivity index (χ1) is 14.3. The van der Waals surface area contributed by atoms with E-state index in [4.69, 9.17) is 5.11 Å². The van der Waals surface area contributed by atoms with Crippen molar-refractivity contribution < 1.29 is 37.0 Å². The molecule has 2 aliphatic rings. The Kier molecular flexibility index (Phi) is 6.64. The van der Waals surface area contributed by atoms with E-state index in [0.29, 0.717) is 0 Å². The van der Waals surface area contributed by atoms with Crippen LogP contribution in [-0.4, -0.2) is 73.4 Å². The molecule has 1 amide bonds. The number of alkyl halides is 4. The van der Waals surface area contributed by atoms with E-state index >= 15 is 0 Å². The zero-order valence-electron chi connectivity index (χ0n) is 16.2. The maximum atomic E-state index is 14.5. The maximum absolute atomic E-state index is 14.5. The van der Waals surface area contributed by atoms with E-state index in [-0.39, 0.29) is 42.2 Å². The number of aliphatic hydroxyl groups excluding tert-OH is 1. The number of methoxy groups -OCH3 is 1. The number of ether oxygens (including phenoxy) is 1. The van der Waals surface area contributed by atoms with Crippen LogP contribution in [-0.2, 0) is 14.3 Å². The van der Waals surface area contributed by atoms with Crippen LogP contribution < -0.4 is 5.32 Å². The molecule has 0 bridgehead atoms. The van der Waals surface area contributed by atoms with Crippen LogP contribution >= 0.6 is 0 Å². The topological polar surface area (TPSA) is 78.9 Å². The highest BCUT2D eigenvalue weighted by atomic mass is 19.2. The van der Waals surface area contributed by atoms with Gasteiger partial charge in [0.2, 0.25) is 0 Å². The van der Waals surface area contributed by atoms with Gasteiger partial charge < -0.3 is 20.1 Å². The summed E-state index contributed by atoms with van der Waals surface area (Å²) in [6.07, 6.45) is -9.73. The highest BCUT2D eigenvalue weighted by Crippen LogP contribution is 2.43. The number of amides is 1. The first-order valence-corrected chi connectivity index (χ1v) is 9.44. The second kappa shape index (κ2) is 9.03. The number of aliphatic hydroxyl groups is 1. The molecule has 0 spiro atoms. The minimum atomic E-state index is -2.27. The lowest BCUT2D eigenvalue weighted by Crippen LogP contribution is -2.44. The van der Waals surface area contributed by atoms with Gasteiger partial charge in [0.1, 0.15) is 30.4 Å². The van der Waals surface area contributed by atoms with Crippen LogP contribution in [0.3, 0.4) is 0 Å². The molecule has 164 valence electrons. The summed E-state index contributed by atoms with van der Waals surface area (Å²) in [6, 6.07) is 5.69. The van der Waals surface area contributed by atoms with E-state index < -0.39 is 48.9 Å². The Balaban J connectivity index is 1.99. The molecule has 0 saturated heterocycles. The van der Waals surface area contributed by atoms with Crippen LogP contribution in [0.1, 0.15) is 17.9 Å². The Morgan fingerprint density at radius 3 is 2.43 bits per heavy atom. The third-order valence-electron chi connectivity index (χ3n) is 5.36. The highest BCUT2D eigenvalue weighted by Gasteiger charge is 2.48. The van der Waals surface area contributed by atoms with E-state index in [1.165, 1.54) is 29.2 Å². The lowest BCUT2D eigenvalue weighted by atomic mass is 9.78. The quantitative estimate of drug-likeness (QED) is 0.535. The number of esters is 1. The summed E-state index contributed by atoms with van der Waals surface area (Å²) >= 11 is 0. The fraction of sp³-hybridized carbons (Fsp3) is 0.500. The van der Waals surface area contributed by atoms with Gasteiger partial charge >= 0.3 is 5.97 Å². The van der Waals surface area contributed by atoms with Gasteiger partial charge in [-0.3, -0.25) is 4.79 Å². The van der Waals surface area contributed by atoms with Crippen molar-refractivity contribution in [2.45, 2.75) is 37.0 Å². The molecule has 0 aromatic heterocycles. The number of para-hydroxylation sites is 1. The Labute approximate surface area is 170 Å². The predicted octanol–water partition coefficient (Wildman–Crippen LogP) is 2.20. The molecule has 6 nitrogen and oxygen atoms in total. The van der Waals surface area contributed by atoms with Gasteiger partial charge in [0.05, 0.1) is 31.8 Å². The van der Waals surface area contributed by atoms with Gasteiger partial charge in [-0.05, 0) is 11.6 Å². The second-order valence-electron chi connectivity index (χ2n) is 7.19. The first kappa shape index (κ1) is 22.1. The molecule has 0 radical (unpaired) electrons. The molecule has 4 unspecified atom stereocenters. The Morgan fingerprint density at radius 1 is 1.20 bits per heavy atom. The fourth-order valence-electron chi connectivity index (χ4n) is 3.83. The number of anilines is 1. The zero-order valence-corrected chi connectivity index (χ0v) is 16.2. The van der Waals surface area contributed by atoms with Crippen molar-refractivity contribution in [1.82, 2.24) is 4.90 Å². The molecule has 4 atom stereocenters. The van der Waals surface area contributed by atoms with Crippen LogP contribution in [0.25, 0.3) is 0 Å². The summed E-state index contributed by atoms with van der Waals surface area (Å²) in [5.74, 6) is -3.14. The van der Waals surface area contributed by atoms with Crippen LogP contribution in [0.2, 0.25) is 0 Å². The second-order valence-corrected chi connectivity index (χ2v) is 7.19. The lowest BCUT2D eigenvalue weighted by molar-refractivity contribution is -0.136. The lowest BCUT2D eigenvalue weighted by Gasteiger charge is -2.35. The number of carbonyl (C=O) groups excluding carboxylic acids is 2. The molecule has 1 aliphatic heterocycles. The smallest absolute Gasteiger partial charge is 0.337 e. The van der Waals surface area contributed by atoms with Crippen molar-refractivity contribution in [3.8, 4) is 0 Å². The fourth-order valence-corrected chi connectivity index (χ4v) is 3.83. The minimum Gasteiger partial charge on any atom is -0.466 e. The summed E-state index contributed by atoms with van der Waals surface area (Å²) in [4.78, 5) is 26.0. The van der Waals surface area contributed by atoms with E-state index in [1.807, 2.05) is 0 Å². The van der Waals surface area contributed by atoms with Gasteiger partial charge in [0, 0.05) is 18.7 Å². The Morgan fingerprint density at radius 2 is 1.83 bits per heavy atom. The van der Waals surface area contributed by atoms with E-state index in [9.17, 15) is 27.2 Å². The number of halogens is 4. The molecule has 1 fully saturated rings. The van der Waals surface area contributed by atoms with E-state index in [1.54, 1.807) is 0 Å². The summed E-state index contributed by atoms with van der Waals surface area (Å²) in [6.45, 7) is -0.507. The molecular weight excluding hydrogens is 408 g/mol. The van der Waals surface area contributed by atoms with Crippen LogP contribution in [0, 0.1) is 0 Å². The number of nitrogens with one attached hydrogen (secondary N) is 1. The van der Waals surface area contributed by atoms with Crippen molar-refractivity contribution in [3.05, 3.63) is 41.1 Å². The Bertz CT molecular complexity index is 836. The molecule has 1 saturated carbocycles. The third kappa shape index (κ3) is 4.00. The number of nitrogens with zero attached hydrogens (tertiary/aromatic N) is 1. The molecule has 1 aliphatic carbocycles. The molecule has 1 heterocycles. The zero-order chi connectivity index (χ0) is 22.0. The first-order valence-electron chi connectivity index (χ1n) is 9.44. The minimum absolute atomic E-state index is 0.0327. The molecule has 1 aromatic carbocycles. The third-order valence-corrected chi connectivity index (χ3v) is 5.36. The molecule has 3 rings (SSSR count). The van der Waals surface area contributed by atoms with Crippen molar-refractivity contribution in [3.63, 3.8) is 0 Å². The van der Waals surface area contributed by atoms with Gasteiger partial charge in [-0.1, -0.05) is 18.2 Å². The van der Waals surface area contributed by atoms with Gasteiger partial charge in [-0.25, -0.2) is 22.4 Å². The average molecular weight is 430 g/mol. The van der Waals surface area contributed by atoms with Crippen molar-refractivity contribution in [2.75, 3.05) is 32.1 Å². The number of β-amino-alcohol motifs (C(OH)–C–C–N with tert-alkyl or cyclic N) is 1. The molecule has 30 heavy (non-hydrogen) atoms. The SMILES string of the molecule is COC(=O)C1=C(Nc2ccccc2C2C(F)C(F)CC(F)C2F)C(=O)N(CCO)C1. The van der Waals surface area contributed by atoms with Crippen LogP contribution in [0.5, 0.6) is 0 Å². The number of benzene rings is 1. The van der Waals surface area contributed by atoms with Crippen molar-refractivity contribution in [1.29, 1.82) is 0 Å². The normalized spacial score (nSPS) is 29.3. The maximum Gasteiger partial charge on any atom is 0.337 e. The van der Waals surface area contributed by atoms with E-state index in [2.05, 4.69) is 10.1 Å². The summed E-state index contributed by atoms with van der Waals surface area (Å²) in [7, 11) is 1.13.